The van der Waals surface area contributed by atoms with Crippen molar-refractivity contribution in [3.05, 3.63) is 59.9 Å². The van der Waals surface area contributed by atoms with Crippen LogP contribution in [0.25, 0.3) is 0 Å². The first-order valence-electron chi connectivity index (χ1n) is 8.94. The van der Waals surface area contributed by atoms with Crippen LogP contribution in [0.2, 0.25) is 0 Å². The minimum absolute atomic E-state index is 0. The lowest BCUT2D eigenvalue weighted by molar-refractivity contribution is -0.122. The Bertz CT molecular complexity index is 716. The largest absolute Gasteiger partial charge is 0.487 e. The standard InChI is InChI=1S/C20H25N3O2S.2ClH/c1-15(23-20(24)12-18-14-26-10-9-22-18)16-5-4-7-19(11-16)25-13-17-6-2-3-8-21-17;;/h2-8,11,15,18,22H,9-10,12-14H2,1H3,(H,23,24);2*1H. The van der Waals surface area contributed by atoms with Gasteiger partial charge in [0.1, 0.15) is 12.4 Å². The molecule has 1 fully saturated rings. The number of amides is 1. The number of pyridine rings is 1. The van der Waals surface area contributed by atoms with E-state index in [-0.39, 0.29) is 42.8 Å². The van der Waals surface area contributed by atoms with Crippen molar-refractivity contribution in [2.75, 3.05) is 18.1 Å². The van der Waals surface area contributed by atoms with Gasteiger partial charge in [0.15, 0.2) is 0 Å². The van der Waals surface area contributed by atoms with E-state index in [1.807, 2.05) is 61.2 Å². The van der Waals surface area contributed by atoms with Gasteiger partial charge in [-0.25, -0.2) is 0 Å². The molecule has 1 aliphatic rings. The molecule has 1 aromatic carbocycles. The molecule has 0 radical (unpaired) electrons. The van der Waals surface area contributed by atoms with E-state index in [1.54, 1.807) is 6.20 Å². The summed E-state index contributed by atoms with van der Waals surface area (Å²) in [4.78, 5) is 16.5. The lowest BCUT2D eigenvalue weighted by Crippen LogP contribution is -2.41. The highest BCUT2D eigenvalue weighted by atomic mass is 35.5. The van der Waals surface area contributed by atoms with Crippen LogP contribution in [0.5, 0.6) is 5.75 Å². The van der Waals surface area contributed by atoms with Crippen LogP contribution in [0, 0.1) is 0 Å². The fraction of sp³-hybridized carbons (Fsp3) is 0.400. The number of rotatable bonds is 7. The molecule has 0 spiro atoms. The second-order valence-electron chi connectivity index (χ2n) is 6.40. The van der Waals surface area contributed by atoms with Crippen molar-refractivity contribution in [2.24, 2.45) is 0 Å². The third-order valence-corrected chi connectivity index (χ3v) is 5.41. The predicted molar refractivity (Wildman–Crippen MR) is 120 cm³/mol. The highest BCUT2D eigenvalue weighted by Crippen LogP contribution is 2.20. The first-order chi connectivity index (χ1) is 12.7. The number of nitrogens with zero attached hydrogens (tertiary/aromatic N) is 1. The number of hydrogen-bond acceptors (Lipinski definition) is 5. The summed E-state index contributed by atoms with van der Waals surface area (Å²) in [6.45, 7) is 3.41. The van der Waals surface area contributed by atoms with Crippen LogP contribution in [0.3, 0.4) is 0 Å². The molecule has 3 rings (SSSR count). The molecule has 0 saturated carbocycles. The molecular weight excluding hydrogens is 417 g/mol. The Morgan fingerprint density at radius 1 is 1.32 bits per heavy atom. The van der Waals surface area contributed by atoms with E-state index in [4.69, 9.17) is 4.74 Å². The van der Waals surface area contributed by atoms with E-state index in [2.05, 4.69) is 15.6 Å². The van der Waals surface area contributed by atoms with Crippen LogP contribution < -0.4 is 15.4 Å². The summed E-state index contributed by atoms with van der Waals surface area (Å²) in [5, 5.41) is 6.49. The van der Waals surface area contributed by atoms with Crippen molar-refractivity contribution < 1.29 is 9.53 Å². The average Bonchev–Trinajstić information content (AvgIpc) is 2.68. The van der Waals surface area contributed by atoms with E-state index >= 15 is 0 Å². The Labute approximate surface area is 183 Å². The topological polar surface area (TPSA) is 63.2 Å². The molecular formula is C20H27Cl2N3O2S. The van der Waals surface area contributed by atoms with Crippen LogP contribution in [0.4, 0.5) is 0 Å². The summed E-state index contributed by atoms with van der Waals surface area (Å²) < 4.78 is 5.82. The van der Waals surface area contributed by atoms with Gasteiger partial charge < -0.3 is 15.4 Å². The van der Waals surface area contributed by atoms with Gasteiger partial charge in [-0.1, -0.05) is 18.2 Å². The SMILES string of the molecule is CC(NC(=O)CC1CSCCN1)c1cccc(OCc2ccccn2)c1.Cl.Cl. The molecule has 2 N–H and O–H groups in total. The summed E-state index contributed by atoms with van der Waals surface area (Å²) in [6.07, 6.45) is 2.28. The normalized spacial score (nSPS) is 16.8. The molecule has 0 bridgehead atoms. The Morgan fingerprint density at radius 2 is 2.18 bits per heavy atom. The van der Waals surface area contributed by atoms with Gasteiger partial charge >= 0.3 is 0 Å². The maximum Gasteiger partial charge on any atom is 0.222 e. The Hall–Kier alpha value is -1.47. The quantitative estimate of drug-likeness (QED) is 0.681. The maximum atomic E-state index is 12.3. The lowest BCUT2D eigenvalue weighted by atomic mass is 10.1. The number of carbonyl (C=O) groups is 1. The molecule has 8 heteroatoms. The fourth-order valence-electron chi connectivity index (χ4n) is 2.87. The second kappa shape index (κ2) is 12.9. The van der Waals surface area contributed by atoms with Crippen LogP contribution in [0.15, 0.2) is 48.7 Å². The smallest absolute Gasteiger partial charge is 0.222 e. The van der Waals surface area contributed by atoms with Crippen molar-refractivity contribution in [3.8, 4) is 5.75 Å². The minimum Gasteiger partial charge on any atom is -0.487 e. The van der Waals surface area contributed by atoms with Gasteiger partial charge in [0.25, 0.3) is 0 Å². The van der Waals surface area contributed by atoms with Crippen LogP contribution in [-0.2, 0) is 11.4 Å². The molecule has 5 nitrogen and oxygen atoms in total. The van der Waals surface area contributed by atoms with Gasteiger partial charge in [0, 0.05) is 36.7 Å². The minimum atomic E-state index is -0.0582. The maximum absolute atomic E-state index is 12.3. The van der Waals surface area contributed by atoms with Crippen LogP contribution in [-0.4, -0.2) is 35.0 Å². The molecule has 2 aromatic rings. The van der Waals surface area contributed by atoms with Gasteiger partial charge in [-0.05, 0) is 36.8 Å². The van der Waals surface area contributed by atoms with Crippen LogP contribution in [0.1, 0.15) is 30.6 Å². The van der Waals surface area contributed by atoms with E-state index < -0.39 is 0 Å². The zero-order chi connectivity index (χ0) is 18.2. The summed E-state index contributed by atoms with van der Waals surface area (Å²) in [5.74, 6) is 2.98. The molecule has 1 saturated heterocycles. The molecule has 1 aromatic heterocycles. The third-order valence-electron chi connectivity index (χ3n) is 4.28. The van der Waals surface area contributed by atoms with Gasteiger partial charge in [0.05, 0.1) is 11.7 Å². The Kier molecular flexibility index (Phi) is 11.3. The second-order valence-corrected chi connectivity index (χ2v) is 7.55. The fourth-order valence-corrected chi connectivity index (χ4v) is 3.82. The number of benzene rings is 1. The number of ether oxygens (including phenoxy) is 1. The molecule has 2 unspecified atom stereocenters. The number of thioether (sulfide) groups is 1. The van der Waals surface area contributed by atoms with Gasteiger partial charge in [-0.2, -0.15) is 11.8 Å². The van der Waals surface area contributed by atoms with E-state index in [1.165, 1.54) is 0 Å². The number of aromatic nitrogens is 1. The van der Waals surface area contributed by atoms with Gasteiger partial charge in [0.2, 0.25) is 5.91 Å². The summed E-state index contributed by atoms with van der Waals surface area (Å²) in [7, 11) is 0. The molecule has 28 heavy (non-hydrogen) atoms. The number of halogens is 2. The first-order valence-corrected chi connectivity index (χ1v) is 10.1. The third kappa shape index (κ3) is 7.87. The van der Waals surface area contributed by atoms with Crippen LogP contribution >= 0.6 is 36.6 Å². The van der Waals surface area contributed by atoms with Crippen molar-refractivity contribution in [1.82, 2.24) is 15.6 Å². The van der Waals surface area contributed by atoms with Crippen molar-refractivity contribution in [1.29, 1.82) is 0 Å². The van der Waals surface area contributed by atoms with Gasteiger partial charge in [-0.15, -0.1) is 24.8 Å². The molecule has 2 heterocycles. The molecule has 1 aliphatic heterocycles. The first kappa shape index (κ1) is 24.6. The Balaban J connectivity index is 0.00000196. The highest BCUT2D eigenvalue weighted by Gasteiger charge is 2.18. The number of nitrogens with one attached hydrogen (secondary N) is 2. The lowest BCUT2D eigenvalue weighted by Gasteiger charge is -2.23. The monoisotopic (exact) mass is 443 g/mol. The predicted octanol–water partition coefficient (Wildman–Crippen LogP) is 3.78. The summed E-state index contributed by atoms with van der Waals surface area (Å²) >= 11 is 1.90. The van der Waals surface area contributed by atoms with Crippen molar-refractivity contribution in [3.63, 3.8) is 0 Å². The Morgan fingerprint density at radius 3 is 2.89 bits per heavy atom. The average molecular weight is 444 g/mol. The summed E-state index contributed by atoms with van der Waals surface area (Å²) in [6, 6.07) is 13.8. The van der Waals surface area contributed by atoms with E-state index in [9.17, 15) is 4.79 Å². The molecule has 2 atom stereocenters. The number of carbonyl (C=O) groups excluding carboxylic acids is 1. The number of hydrogen-bond donors (Lipinski definition) is 2. The van der Waals surface area contributed by atoms with E-state index in [0.29, 0.717) is 13.0 Å². The van der Waals surface area contributed by atoms with E-state index in [0.717, 1.165) is 35.1 Å². The highest BCUT2D eigenvalue weighted by molar-refractivity contribution is 7.99. The van der Waals surface area contributed by atoms with Gasteiger partial charge in [-0.3, -0.25) is 9.78 Å². The molecule has 0 aliphatic carbocycles. The van der Waals surface area contributed by atoms with Crippen molar-refractivity contribution >= 4 is 42.5 Å². The van der Waals surface area contributed by atoms with Crippen molar-refractivity contribution in [2.45, 2.75) is 32.0 Å². The molecule has 154 valence electrons. The zero-order valence-electron chi connectivity index (χ0n) is 15.8. The molecule has 1 amide bonds. The zero-order valence-corrected chi connectivity index (χ0v) is 18.2. The summed E-state index contributed by atoms with van der Waals surface area (Å²) in [5.41, 5.74) is 1.92.